The fourth-order valence-electron chi connectivity index (χ4n) is 3.41. The van der Waals surface area contributed by atoms with Gasteiger partial charge < -0.3 is 10.1 Å². The Morgan fingerprint density at radius 1 is 1.03 bits per heavy atom. The number of carbonyl (C=O) groups is 1. The number of pyridine rings is 1. The highest BCUT2D eigenvalue weighted by Crippen LogP contribution is 2.13. The van der Waals surface area contributed by atoms with E-state index < -0.39 is 0 Å². The Balaban J connectivity index is 1.53. The Kier molecular flexibility index (Phi) is 5.61. The zero-order valence-electron chi connectivity index (χ0n) is 16.6. The summed E-state index contributed by atoms with van der Waals surface area (Å²) in [6, 6.07) is 20.5. The molecule has 0 saturated carbocycles. The van der Waals surface area contributed by atoms with E-state index in [0.29, 0.717) is 36.6 Å². The van der Waals surface area contributed by atoms with Crippen LogP contribution in [0.2, 0.25) is 0 Å². The fourth-order valence-corrected chi connectivity index (χ4v) is 3.41. The first kappa shape index (κ1) is 19.4. The zero-order chi connectivity index (χ0) is 20.9. The second kappa shape index (κ2) is 8.65. The molecular formula is C23H22N4O3. The Labute approximate surface area is 173 Å². The molecule has 2 heterocycles. The number of hydrogen-bond acceptors (Lipinski definition) is 4. The van der Waals surface area contributed by atoms with Crippen molar-refractivity contribution < 1.29 is 9.53 Å². The van der Waals surface area contributed by atoms with Crippen LogP contribution in [0.1, 0.15) is 15.9 Å². The van der Waals surface area contributed by atoms with Crippen molar-refractivity contribution in [1.82, 2.24) is 19.4 Å². The Hall–Kier alpha value is -3.87. The molecule has 0 bridgehead atoms. The normalized spacial score (nSPS) is 10.8. The van der Waals surface area contributed by atoms with Gasteiger partial charge in [-0.05, 0) is 35.9 Å². The van der Waals surface area contributed by atoms with Crippen molar-refractivity contribution >= 4 is 17.1 Å². The van der Waals surface area contributed by atoms with Crippen LogP contribution in [0.25, 0.3) is 11.2 Å². The average Bonchev–Trinajstić information content (AvgIpc) is 3.05. The second-order valence-electron chi connectivity index (χ2n) is 6.84. The molecule has 0 atom stereocenters. The first-order chi connectivity index (χ1) is 14.7. The molecule has 0 radical (unpaired) electrons. The van der Waals surface area contributed by atoms with Crippen LogP contribution in [-0.4, -0.2) is 33.7 Å². The van der Waals surface area contributed by atoms with E-state index in [9.17, 15) is 9.59 Å². The molecule has 0 aliphatic rings. The van der Waals surface area contributed by atoms with Gasteiger partial charge in [0.2, 0.25) is 0 Å². The summed E-state index contributed by atoms with van der Waals surface area (Å²) in [5, 5.41) is 2.86. The maximum absolute atomic E-state index is 13.1. The third kappa shape index (κ3) is 3.96. The van der Waals surface area contributed by atoms with Crippen molar-refractivity contribution in [2.75, 3.05) is 13.7 Å². The summed E-state index contributed by atoms with van der Waals surface area (Å²) in [6.45, 7) is 1.09. The summed E-state index contributed by atoms with van der Waals surface area (Å²) < 4.78 is 8.47. The van der Waals surface area contributed by atoms with E-state index in [1.165, 1.54) is 0 Å². The molecule has 7 heteroatoms. The molecule has 4 rings (SSSR count). The molecule has 4 aromatic rings. The van der Waals surface area contributed by atoms with Crippen LogP contribution in [0.3, 0.4) is 0 Å². The SMILES string of the molecule is COc1cccc(C(=O)NCCn2c(=O)n(Cc3ccccc3)c3cccnc32)c1. The van der Waals surface area contributed by atoms with Crippen molar-refractivity contribution in [2.24, 2.45) is 0 Å². The van der Waals surface area contributed by atoms with Gasteiger partial charge in [0.25, 0.3) is 5.91 Å². The minimum absolute atomic E-state index is 0.150. The van der Waals surface area contributed by atoms with Crippen LogP contribution >= 0.6 is 0 Å². The van der Waals surface area contributed by atoms with E-state index in [1.807, 2.05) is 42.5 Å². The number of nitrogens with one attached hydrogen (secondary N) is 1. The number of amides is 1. The molecule has 0 spiro atoms. The molecule has 2 aromatic carbocycles. The lowest BCUT2D eigenvalue weighted by Crippen LogP contribution is -2.32. The maximum Gasteiger partial charge on any atom is 0.330 e. The van der Waals surface area contributed by atoms with E-state index in [1.54, 1.807) is 46.7 Å². The fraction of sp³-hybridized carbons (Fsp3) is 0.174. The molecule has 1 amide bonds. The molecule has 0 unspecified atom stereocenters. The molecule has 2 aromatic heterocycles. The third-order valence-corrected chi connectivity index (χ3v) is 4.91. The topological polar surface area (TPSA) is 78.1 Å². The van der Waals surface area contributed by atoms with E-state index in [2.05, 4.69) is 10.3 Å². The Morgan fingerprint density at radius 3 is 2.67 bits per heavy atom. The van der Waals surface area contributed by atoms with Gasteiger partial charge in [0, 0.05) is 24.8 Å². The van der Waals surface area contributed by atoms with E-state index >= 15 is 0 Å². The number of hydrogen-bond donors (Lipinski definition) is 1. The molecule has 152 valence electrons. The number of carbonyl (C=O) groups excluding carboxylic acids is 1. The molecule has 0 aliphatic heterocycles. The number of methoxy groups -OCH3 is 1. The van der Waals surface area contributed by atoms with Crippen molar-refractivity contribution in [2.45, 2.75) is 13.1 Å². The smallest absolute Gasteiger partial charge is 0.330 e. The Bertz CT molecular complexity index is 1230. The monoisotopic (exact) mass is 402 g/mol. The number of ether oxygens (including phenoxy) is 1. The van der Waals surface area contributed by atoms with Gasteiger partial charge in [0.15, 0.2) is 5.65 Å². The predicted octanol–water partition coefficient (Wildman–Crippen LogP) is 2.68. The minimum atomic E-state index is -0.220. The number of aromatic nitrogens is 3. The van der Waals surface area contributed by atoms with Crippen LogP contribution in [0.4, 0.5) is 0 Å². The maximum atomic E-state index is 13.1. The first-order valence-corrected chi connectivity index (χ1v) is 9.67. The number of benzene rings is 2. The van der Waals surface area contributed by atoms with Gasteiger partial charge in [-0.1, -0.05) is 36.4 Å². The molecule has 0 saturated heterocycles. The average molecular weight is 402 g/mol. The third-order valence-electron chi connectivity index (χ3n) is 4.91. The summed E-state index contributed by atoms with van der Waals surface area (Å²) in [7, 11) is 1.56. The van der Waals surface area contributed by atoms with E-state index in [4.69, 9.17) is 4.74 Å². The van der Waals surface area contributed by atoms with Gasteiger partial charge in [-0.15, -0.1) is 0 Å². The molecule has 30 heavy (non-hydrogen) atoms. The molecule has 1 N–H and O–H groups in total. The van der Waals surface area contributed by atoms with E-state index in [0.717, 1.165) is 11.1 Å². The highest BCUT2D eigenvalue weighted by atomic mass is 16.5. The highest BCUT2D eigenvalue weighted by molar-refractivity contribution is 5.94. The predicted molar refractivity (Wildman–Crippen MR) is 115 cm³/mol. The van der Waals surface area contributed by atoms with Crippen molar-refractivity contribution in [1.29, 1.82) is 0 Å². The van der Waals surface area contributed by atoms with Crippen LogP contribution in [0.15, 0.2) is 77.7 Å². The van der Waals surface area contributed by atoms with Gasteiger partial charge in [-0.25, -0.2) is 9.78 Å². The Morgan fingerprint density at radius 2 is 1.87 bits per heavy atom. The van der Waals surface area contributed by atoms with Gasteiger partial charge >= 0.3 is 5.69 Å². The van der Waals surface area contributed by atoms with Crippen LogP contribution in [0.5, 0.6) is 5.75 Å². The van der Waals surface area contributed by atoms with E-state index in [-0.39, 0.29) is 11.6 Å². The molecule has 0 aliphatic carbocycles. The number of fused-ring (bicyclic) bond motifs is 1. The van der Waals surface area contributed by atoms with Crippen LogP contribution in [-0.2, 0) is 13.1 Å². The lowest BCUT2D eigenvalue weighted by Gasteiger charge is -2.07. The molecule has 0 fully saturated rings. The standard InChI is InChI=1S/C23H22N4O3/c1-30-19-10-5-9-18(15-19)22(28)25-13-14-26-21-20(11-6-12-24-21)27(23(26)29)16-17-7-3-2-4-8-17/h2-12,15H,13-14,16H2,1H3,(H,25,28). The summed E-state index contributed by atoms with van der Waals surface area (Å²) in [6.07, 6.45) is 1.67. The lowest BCUT2D eigenvalue weighted by atomic mass is 10.2. The number of imidazole rings is 1. The van der Waals surface area contributed by atoms with Crippen molar-refractivity contribution in [3.05, 3.63) is 94.5 Å². The van der Waals surface area contributed by atoms with Crippen molar-refractivity contribution in [3.63, 3.8) is 0 Å². The summed E-state index contributed by atoms with van der Waals surface area (Å²) in [5.41, 5.74) is 2.77. The molecule has 7 nitrogen and oxygen atoms in total. The number of rotatable bonds is 7. The lowest BCUT2D eigenvalue weighted by molar-refractivity contribution is 0.0952. The summed E-state index contributed by atoms with van der Waals surface area (Å²) in [4.78, 5) is 29.9. The zero-order valence-corrected chi connectivity index (χ0v) is 16.6. The van der Waals surface area contributed by atoms with Gasteiger partial charge in [-0.2, -0.15) is 0 Å². The summed E-state index contributed by atoms with van der Waals surface area (Å²) >= 11 is 0. The summed E-state index contributed by atoms with van der Waals surface area (Å²) in [5.74, 6) is 0.398. The first-order valence-electron chi connectivity index (χ1n) is 9.67. The van der Waals surface area contributed by atoms with Gasteiger partial charge in [0.1, 0.15) is 5.75 Å². The van der Waals surface area contributed by atoms with Crippen LogP contribution in [0, 0.1) is 0 Å². The van der Waals surface area contributed by atoms with Crippen molar-refractivity contribution in [3.8, 4) is 5.75 Å². The van der Waals surface area contributed by atoms with Crippen LogP contribution < -0.4 is 15.7 Å². The number of nitrogens with zero attached hydrogens (tertiary/aromatic N) is 3. The van der Waals surface area contributed by atoms with Gasteiger partial charge in [-0.3, -0.25) is 13.9 Å². The molecular weight excluding hydrogens is 380 g/mol. The largest absolute Gasteiger partial charge is 0.497 e. The quantitative estimate of drug-likeness (QED) is 0.516. The minimum Gasteiger partial charge on any atom is -0.497 e. The highest BCUT2D eigenvalue weighted by Gasteiger charge is 2.14. The second-order valence-corrected chi connectivity index (χ2v) is 6.84. The van der Waals surface area contributed by atoms with Gasteiger partial charge in [0.05, 0.1) is 19.2 Å².